The Morgan fingerprint density at radius 1 is 1.36 bits per heavy atom. The lowest BCUT2D eigenvalue weighted by atomic mass is 10.0. The van der Waals surface area contributed by atoms with Crippen molar-refractivity contribution in [1.82, 2.24) is 10.2 Å². The van der Waals surface area contributed by atoms with E-state index in [1.807, 2.05) is 6.92 Å². The van der Waals surface area contributed by atoms with Crippen molar-refractivity contribution in [1.29, 1.82) is 5.41 Å². The molecule has 6 nitrogen and oxygen atoms in total. The third kappa shape index (κ3) is 2.94. The highest BCUT2D eigenvalue weighted by Crippen LogP contribution is 2.43. The predicted octanol–water partition coefficient (Wildman–Crippen LogP) is 3.90. The molecule has 1 saturated heterocycles. The number of halogens is 1. The van der Waals surface area contributed by atoms with E-state index < -0.39 is 5.92 Å². The van der Waals surface area contributed by atoms with Crippen LogP contribution in [-0.4, -0.2) is 27.8 Å². The minimum absolute atomic E-state index is 0.150. The molecule has 0 unspecified atom stereocenters. The molecule has 128 valence electrons. The second-order valence-electron chi connectivity index (χ2n) is 5.39. The molecule has 1 aromatic heterocycles. The van der Waals surface area contributed by atoms with Gasteiger partial charge in [-0.05, 0) is 24.1 Å². The van der Waals surface area contributed by atoms with Crippen LogP contribution in [0.4, 0.5) is 0 Å². The van der Waals surface area contributed by atoms with E-state index in [0.29, 0.717) is 32.0 Å². The molecular weight excluding hydrogens is 382 g/mol. The number of aromatic nitrogens is 2. The molecule has 2 aromatic rings. The van der Waals surface area contributed by atoms with Crippen LogP contribution in [0.2, 0.25) is 5.02 Å². The maximum absolute atomic E-state index is 12.8. The zero-order valence-electron chi connectivity index (χ0n) is 13.0. The van der Waals surface area contributed by atoms with Gasteiger partial charge in [0.05, 0.1) is 15.0 Å². The SMILES string of the molecule is CCc1nnc([C@@H]2C(=N)S/C(=C\c3cc4c(cc3Cl)OCO4)C2=O)s1. The van der Waals surface area contributed by atoms with Crippen molar-refractivity contribution in [3.05, 3.63) is 37.6 Å². The lowest BCUT2D eigenvalue weighted by molar-refractivity contribution is -0.114. The van der Waals surface area contributed by atoms with Gasteiger partial charge >= 0.3 is 0 Å². The number of fused-ring (bicyclic) bond motifs is 1. The summed E-state index contributed by atoms with van der Waals surface area (Å²) in [5.41, 5.74) is 0.654. The van der Waals surface area contributed by atoms with E-state index in [-0.39, 0.29) is 17.6 Å². The zero-order chi connectivity index (χ0) is 17.6. The number of nitrogens with one attached hydrogen (secondary N) is 1. The Balaban J connectivity index is 1.67. The van der Waals surface area contributed by atoms with Crippen molar-refractivity contribution in [2.24, 2.45) is 0 Å². The minimum atomic E-state index is -0.665. The van der Waals surface area contributed by atoms with Crippen LogP contribution < -0.4 is 9.47 Å². The number of thioether (sulfide) groups is 1. The van der Waals surface area contributed by atoms with Crippen LogP contribution >= 0.6 is 34.7 Å². The Labute approximate surface area is 156 Å². The molecule has 2 aliphatic heterocycles. The Morgan fingerprint density at radius 2 is 2.12 bits per heavy atom. The fourth-order valence-corrected chi connectivity index (χ4v) is 4.68. The molecule has 0 bridgehead atoms. The molecule has 2 aliphatic rings. The van der Waals surface area contributed by atoms with Crippen molar-refractivity contribution < 1.29 is 14.3 Å². The van der Waals surface area contributed by atoms with Crippen LogP contribution in [0.5, 0.6) is 11.5 Å². The lowest BCUT2D eigenvalue weighted by Crippen LogP contribution is -2.11. The molecule has 1 fully saturated rings. The number of benzene rings is 1. The summed E-state index contributed by atoms with van der Waals surface area (Å²) in [5, 5.41) is 18.5. The smallest absolute Gasteiger partial charge is 0.231 e. The number of carbonyl (C=O) groups is 1. The molecule has 4 rings (SSSR count). The molecule has 25 heavy (non-hydrogen) atoms. The first-order chi connectivity index (χ1) is 12.1. The quantitative estimate of drug-likeness (QED) is 0.796. The maximum atomic E-state index is 12.8. The summed E-state index contributed by atoms with van der Waals surface area (Å²) in [6.07, 6.45) is 2.45. The highest BCUT2D eigenvalue weighted by molar-refractivity contribution is 8.19. The van der Waals surface area contributed by atoms with Gasteiger partial charge in [-0.2, -0.15) is 0 Å². The van der Waals surface area contributed by atoms with Gasteiger partial charge in [-0.3, -0.25) is 10.2 Å². The van der Waals surface area contributed by atoms with Crippen molar-refractivity contribution in [3.8, 4) is 11.5 Å². The largest absolute Gasteiger partial charge is 0.454 e. The highest BCUT2D eigenvalue weighted by atomic mass is 35.5. The first-order valence-electron chi connectivity index (χ1n) is 7.50. The number of hydrogen-bond acceptors (Lipinski definition) is 8. The molecular formula is C16H12ClN3O3S2. The average molecular weight is 394 g/mol. The number of rotatable bonds is 3. The van der Waals surface area contributed by atoms with Crippen LogP contribution in [0.15, 0.2) is 17.0 Å². The van der Waals surface area contributed by atoms with Gasteiger partial charge in [0.1, 0.15) is 15.9 Å². The molecule has 1 aromatic carbocycles. The zero-order valence-corrected chi connectivity index (χ0v) is 15.4. The monoisotopic (exact) mass is 393 g/mol. The molecule has 1 N–H and O–H groups in total. The van der Waals surface area contributed by atoms with Gasteiger partial charge < -0.3 is 9.47 Å². The average Bonchev–Trinajstić information content (AvgIpc) is 3.28. The molecule has 0 aliphatic carbocycles. The third-order valence-corrected chi connectivity index (χ3v) is 6.25. The van der Waals surface area contributed by atoms with Crippen LogP contribution in [0.25, 0.3) is 6.08 Å². The lowest BCUT2D eigenvalue weighted by Gasteiger charge is -2.03. The predicted molar refractivity (Wildman–Crippen MR) is 97.9 cm³/mol. The van der Waals surface area contributed by atoms with E-state index in [0.717, 1.165) is 23.2 Å². The van der Waals surface area contributed by atoms with Crippen LogP contribution in [0.1, 0.15) is 28.4 Å². The standard InChI is InChI=1S/C16H12ClN3O3S2/c1-2-12-19-20-16(25-12)13-14(21)11(24-15(13)18)4-7-3-9-10(5-8(7)17)23-6-22-9/h3-5,13,18H,2,6H2,1H3/b11-4-,18-15?/t13-/m0/s1. The number of aryl methyl sites for hydroxylation is 1. The van der Waals surface area contributed by atoms with Crippen LogP contribution in [0.3, 0.4) is 0 Å². The van der Waals surface area contributed by atoms with Crippen molar-refractivity contribution >= 4 is 51.6 Å². The van der Waals surface area contributed by atoms with E-state index in [9.17, 15) is 4.79 Å². The van der Waals surface area contributed by atoms with Gasteiger partial charge in [0.15, 0.2) is 17.3 Å². The molecule has 1 atom stereocenters. The maximum Gasteiger partial charge on any atom is 0.231 e. The van der Waals surface area contributed by atoms with Gasteiger partial charge in [-0.15, -0.1) is 21.5 Å². The van der Waals surface area contributed by atoms with E-state index >= 15 is 0 Å². The summed E-state index contributed by atoms with van der Waals surface area (Å²) < 4.78 is 10.6. The number of allylic oxidation sites excluding steroid dienone is 1. The van der Waals surface area contributed by atoms with E-state index in [4.69, 9.17) is 26.5 Å². The van der Waals surface area contributed by atoms with E-state index in [1.54, 1.807) is 18.2 Å². The molecule has 0 radical (unpaired) electrons. The topological polar surface area (TPSA) is 85.2 Å². The molecule has 0 spiro atoms. The minimum Gasteiger partial charge on any atom is -0.454 e. The number of carbonyl (C=O) groups excluding carboxylic acids is 1. The van der Waals surface area contributed by atoms with Crippen molar-refractivity contribution in [3.63, 3.8) is 0 Å². The molecule has 3 heterocycles. The summed E-state index contributed by atoms with van der Waals surface area (Å²) in [4.78, 5) is 13.2. The number of ether oxygens (including phenoxy) is 2. The second kappa shape index (κ2) is 6.44. The normalized spacial score (nSPS) is 20.7. The molecule has 0 amide bonds. The number of hydrogen-bond donors (Lipinski definition) is 1. The first kappa shape index (κ1) is 16.6. The van der Waals surface area contributed by atoms with Crippen LogP contribution in [-0.2, 0) is 11.2 Å². The summed E-state index contributed by atoms with van der Waals surface area (Å²) in [7, 11) is 0. The Morgan fingerprint density at radius 3 is 2.84 bits per heavy atom. The van der Waals surface area contributed by atoms with Gasteiger partial charge in [-0.1, -0.05) is 30.3 Å². The summed E-state index contributed by atoms with van der Waals surface area (Å²) in [6, 6.07) is 3.41. The van der Waals surface area contributed by atoms with Crippen molar-refractivity contribution in [2.45, 2.75) is 19.3 Å². The van der Waals surface area contributed by atoms with Crippen molar-refractivity contribution in [2.75, 3.05) is 6.79 Å². The third-order valence-electron chi connectivity index (χ3n) is 3.80. The summed E-state index contributed by atoms with van der Waals surface area (Å²) in [6.45, 7) is 2.14. The van der Waals surface area contributed by atoms with Gasteiger partial charge in [0, 0.05) is 6.07 Å². The van der Waals surface area contributed by atoms with Gasteiger partial charge in [-0.25, -0.2) is 0 Å². The fourth-order valence-electron chi connectivity index (χ4n) is 2.52. The summed E-state index contributed by atoms with van der Waals surface area (Å²) in [5.74, 6) is 0.364. The fraction of sp³-hybridized carbons (Fsp3) is 0.250. The first-order valence-corrected chi connectivity index (χ1v) is 9.51. The molecule has 0 saturated carbocycles. The number of ketones is 1. The summed E-state index contributed by atoms with van der Waals surface area (Å²) >= 11 is 8.78. The number of Topliss-reactive ketones (excluding diaryl/α,β-unsaturated/α-hetero) is 1. The van der Waals surface area contributed by atoms with Crippen LogP contribution in [0, 0.1) is 5.41 Å². The second-order valence-corrected chi connectivity index (χ2v) is 7.97. The Kier molecular flexibility index (Phi) is 4.26. The Hall–Kier alpha value is -1.90. The Bertz CT molecular complexity index is 925. The highest BCUT2D eigenvalue weighted by Gasteiger charge is 2.39. The van der Waals surface area contributed by atoms with Gasteiger partial charge in [0.25, 0.3) is 0 Å². The number of nitrogens with zero attached hydrogens (tertiary/aromatic N) is 2. The van der Waals surface area contributed by atoms with Gasteiger partial charge in [0.2, 0.25) is 6.79 Å². The van der Waals surface area contributed by atoms with E-state index in [1.165, 1.54) is 11.3 Å². The van der Waals surface area contributed by atoms with E-state index in [2.05, 4.69) is 10.2 Å². The molecule has 9 heteroatoms.